The predicted molar refractivity (Wildman–Crippen MR) is 81.8 cm³/mol. The van der Waals surface area contributed by atoms with Gasteiger partial charge in [-0.05, 0) is 52.0 Å². The Morgan fingerprint density at radius 2 is 2.05 bits per heavy atom. The monoisotopic (exact) mass is 317 g/mol. The van der Waals surface area contributed by atoms with Crippen LogP contribution in [-0.2, 0) is 6.42 Å². The van der Waals surface area contributed by atoms with Crippen molar-refractivity contribution in [3.05, 3.63) is 58.1 Å². The fourth-order valence-electron chi connectivity index (χ4n) is 2.66. The normalized spacial score (nSPS) is 17.1. The lowest BCUT2D eigenvalue weighted by Crippen LogP contribution is -2.07. The Balaban J connectivity index is 1.83. The second kappa shape index (κ2) is 5.25. The van der Waals surface area contributed by atoms with Crippen molar-refractivity contribution in [1.82, 2.24) is 0 Å². The van der Waals surface area contributed by atoms with Crippen LogP contribution in [0.15, 0.2) is 46.9 Å². The number of benzene rings is 2. The van der Waals surface area contributed by atoms with Gasteiger partial charge >= 0.3 is 0 Å². The summed E-state index contributed by atoms with van der Waals surface area (Å²) < 4.78 is 6.31. The summed E-state index contributed by atoms with van der Waals surface area (Å²) in [5, 5.41) is 3.60. The smallest absolute Gasteiger partial charge is 0.135 e. The van der Waals surface area contributed by atoms with E-state index in [2.05, 4.69) is 51.6 Å². The molecule has 1 aliphatic rings. The van der Waals surface area contributed by atoms with Gasteiger partial charge in [0.15, 0.2) is 0 Å². The highest BCUT2D eigenvalue weighted by atomic mass is 79.9. The van der Waals surface area contributed by atoms with Crippen molar-refractivity contribution in [2.75, 3.05) is 12.4 Å². The molecule has 0 saturated heterocycles. The second-order valence-electron chi connectivity index (χ2n) is 4.78. The lowest BCUT2D eigenvalue weighted by Gasteiger charge is -2.16. The fourth-order valence-corrected chi connectivity index (χ4v) is 3.07. The number of anilines is 1. The van der Waals surface area contributed by atoms with E-state index in [4.69, 9.17) is 4.74 Å². The van der Waals surface area contributed by atoms with Crippen LogP contribution < -0.4 is 10.1 Å². The minimum atomic E-state index is 0.405. The minimum absolute atomic E-state index is 0.405. The highest BCUT2D eigenvalue weighted by Gasteiger charge is 2.21. The van der Waals surface area contributed by atoms with E-state index in [1.807, 2.05) is 12.1 Å². The molecule has 1 aliphatic carbocycles. The average molecular weight is 318 g/mol. The Kier molecular flexibility index (Phi) is 3.47. The fraction of sp³-hybridized carbons (Fsp3) is 0.250. The number of rotatable bonds is 3. The molecule has 98 valence electrons. The molecule has 0 amide bonds. The van der Waals surface area contributed by atoms with Crippen molar-refractivity contribution in [2.24, 2.45) is 0 Å². The first-order valence-corrected chi connectivity index (χ1v) is 7.25. The maximum Gasteiger partial charge on any atom is 0.135 e. The minimum Gasteiger partial charge on any atom is -0.495 e. The lowest BCUT2D eigenvalue weighted by atomic mass is 10.1. The summed E-state index contributed by atoms with van der Waals surface area (Å²) in [5.74, 6) is 0.858. The molecular weight excluding hydrogens is 302 g/mol. The summed E-state index contributed by atoms with van der Waals surface area (Å²) in [6, 6.07) is 15.2. The molecule has 2 nitrogen and oxygen atoms in total. The third-order valence-corrected chi connectivity index (χ3v) is 4.28. The SMILES string of the molecule is COc1cc(NC2CCc3ccccc32)ccc1Br. The molecule has 0 heterocycles. The Hall–Kier alpha value is -1.48. The van der Waals surface area contributed by atoms with Gasteiger partial charge in [0, 0.05) is 11.8 Å². The van der Waals surface area contributed by atoms with Crippen LogP contribution in [0.1, 0.15) is 23.6 Å². The summed E-state index contributed by atoms with van der Waals surface area (Å²) in [5.41, 5.74) is 3.98. The van der Waals surface area contributed by atoms with Crippen LogP contribution in [0.25, 0.3) is 0 Å². The Morgan fingerprint density at radius 1 is 1.21 bits per heavy atom. The number of hydrogen-bond donors (Lipinski definition) is 1. The van der Waals surface area contributed by atoms with Crippen molar-refractivity contribution >= 4 is 21.6 Å². The van der Waals surface area contributed by atoms with Crippen molar-refractivity contribution in [1.29, 1.82) is 0 Å². The van der Waals surface area contributed by atoms with Gasteiger partial charge in [0.1, 0.15) is 5.75 Å². The van der Waals surface area contributed by atoms with E-state index in [1.165, 1.54) is 11.1 Å². The first-order valence-electron chi connectivity index (χ1n) is 6.46. The molecule has 0 radical (unpaired) electrons. The number of fused-ring (bicyclic) bond motifs is 1. The molecule has 0 aliphatic heterocycles. The number of hydrogen-bond acceptors (Lipinski definition) is 2. The third-order valence-electron chi connectivity index (χ3n) is 3.62. The van der Waals surface area contributed by atoms with Gasteiger partial charge in [0.05, 0.1) is 17.6 Å². The molecule has 1 atom stereocenters. The van der Waals surface area contributed by atoms with Crippen LogP contribution >= 0.6 is 15.9 Å². The standard InChI is InChI=1S/C16H16BrNO/c1-19-16-10-12(7-8-14(16)17)18-15-9-6-11-4-2-3-5-13(11)15/h2-5,7-8,10,15,18H,6,9H2,1H3. The van der Waals surface area contributed by atoms with Crippen LogP contribution in [0.3, 0.4) is 0 Å². The quantitative estimate of drug-likeness (QED) is 0.896. The molecule has 2 aromatic rings. The van der Waals surface area contributed by atoms with E-state index in [9.17, 15) is 0 Å². The van der Waals surface area contributed by atoms with E-state index < -0.39 is 0 Å². The summed E-state index contributed by atoms with van der Waals surface area (Å²) >= 11 is 3.48. The van der Waals surface area contributed by atoms with Crippen molar-refractivity contribution in [2.45, 2.75) is 18.9 Å². The van der Waals surface area contributed by atoms with Crippen LogP contribution in [0.4, 0.5) is 5.69 Å². The number of nitrogens with one attached hydrogen (secondary N) is 1. The summed E-state index contributed by atoms with van der Waals surface area (Å²) in [7, 11) is 1.69. The molecule has 3 rings (SSSR count). The van der Waals surface area contributed by atoms with Gasteiger partial charge in [0.2, 0.25) is 0 Å². The van der Waals surface area contributed by atoms with Crippen LogP contribution in [0, 0.1) is 0 Å². The van der Waals surface area contributed by atoms with E-state index in [1.54, 1.807) is 7.11 Å². The van der Waals surface area contributed by atoms with Crippen molar-refractivity contribution in [3.63, 3.8) is 0 Å². The number of ether oxygens (including phenoxy) is 1. The van der Waals surface area contributed by atoms with Crippen LogP contribution in [0.5, 0.6) is 5.75 Å². The van der Waals surface area contributed by atoms with E-state index in [0.29, 0.717) is 6.04 Å². The predicted octanol–water partition coefficient (Wildman–Crippen LogP) is 4.56. The van der Waals surface area contributed by atoms with E-state index in [0.717, 1.165) is 28.8 Å². The summed E-state index contributed by atoms with van der Waals surface area (Å²) in [4.78, 5) is 0. The zero-order valence-corrected chi connectivity index (χ0v) is 12.4. The number of halogens is 1. The zero-order valence-electron chi connectivity index (χ0n) is 10.8. The van der Waals surface area contributed by atoms with Crippen molar-refractivity contribution in [3.8, 4) is 5.75 Å². The molecule has 3 heteroatoms. The second-order valence-corrected chi connectivity index (χ2v) is 5.64. The van der Waals surface area contributed by atoms with Gasteiger partial charge in [-0.1, -0.05) is 24.3 Å². The van der Waals surface area contributed by atoms with Gasteiger partial charge in [-0.15, -0.1) is 0 Å². The molecule has 1 unspecified atom stereocenters. The Labute approximate surface area is 121 Å². The molecule has 19 heavy (non-hydrogen) atoms. The Bertz CT molecular complexity index is 597. The van der Waals surface area contributed by atoms with Crippen molar-refractivity contribution < 1.29 is 4.74 Å². The Morgan fingerprint density at radius 3 is 2.89 bits per heavy atom. The summed E-state index contributed by atoms with van der Waals surface area (Å²) in [6.45, 7) is 0. The van der Waals surface area contributed by atoms with Gasteiger partial charge in [-0.2, -0.15) is 0 Å². The molecule has 2 aromatic carbocycles. The number of aryl methyl sites for hydroxylation is 1. The molecule has 0 fully saturated rings. The van der Waals surface area contributed by atoms with Gasteiger partial charge < -0.3 is 10.1 Å². The molecule has 0 aromatic heterocycles. The topological polar surface area (TPSA) is 21.3 Å². The average Bonchev–Trinajstić information content (AvgIpc) is 2.84. The van der Waals surface area contributed by atoms with Gasteiger partial charge in [-0.3, -0.25) is 0 Å². The highest BCUT2D eigenvalue weighted by molar-refractivity contribution is 9.10. The third kappa shape index (κ3) is 2.47. The maximum atomic E-state index is 5.33. The van der Waals surface area contributed by atoms with Crippen LogP contribution in [-0.4, -0.2) is 7.11 Å². The summed E-state index contributed by atoms with van der Waals surface area (Å²) in [6.07, 6.45) is 2.30. The lowest BCUT2D eigenvalue weighted by molar-refractivity contribution is 0.412. The largest absolute Gasteiger partial charge is 0.495 e. The molecule has 0 spiro atoms. The molecule has 0 bridgehead atoms. The highest BCUT2D eigenvalue weighted by Crippen LogP contribution is 2.35. The zero-order chi connectivity index (χ0) is 13.2. The first kappa shape index (κ1) is 12.5. The molecule has 0 saturated carbocycles. The first-order chi connectivity index (χ1) is 9.28. The van der Waals surface area contributed by atoms with E-state index >= 15 is 0 Å². The molecular formula is C16H16BrNO. The number of methoxy groups -OCH3 is 1. The van der Waals surface area contributed by atoms with Crippen LogP contribution in [0.2, 0.25) is 0 Å². The molecule has 1 N–H and O–H groups in total. The maximum absolute atomic E-state index is 5.33. The van der Waals surface area contributed by atoms with Gasteiger partial charge in [0.25, 0.3) is 0 Å². The van der Waals surface area contributed by atoms with E-state index in [-0.39, 0.29) is 0 Å². The van der Waals surface area contributed by atoms with Gasteiger partial charge in [-0.25, -0.2) is 0 Å².